The lowest BCUT2D eigenvalue weighted by atomic mass is 9.88. The quantitative estimate of drug-likeness (QED) is 0.344. The van der Waals surface area contributed by atoms with E-state index in [1.807, 2.05) is 0 Å². The molecule has 0 heterocycles. The number of aliphatic imine (C=N–C) groups is 1. The smallest absolute Gasteiger partial charge is 0.191 e. The van der Waals surface area contributed by atoms with Crippen molar-refractivity contribution < 1.29 is 5.11 Å². The molecule has 0 aliphatic heterocycles. The van der Waals surface area contributed by atoms with Gasteiger partial charge in [-0.25, -0.2) is 0 Å². The number of hydrogen-bond donors (Lipinski definition) is 3. The lowest BCUT2D eigenvalue weighted by Gasteiger charge is -2.28. The molecule has 0 radical (unpaired) electrons. The lowest BCUT2D eigenvalue weighted by molar-refractivity contribution is 0.120. The molecule has 1 fully saturated rings. The number of aliphatic hydroxyl groups excluding tert-OH is 1. The molecule has 5 heteroatoms. The molecule has 1 aliphatic carbocycles. The zero-order valence-electron chi connectivity index (χ0n) is 15.7. The van der Waals surface area contributed by atoms with E-state index in [0.29, 0.717) is 17.9 Å². The largest absolute Gasteiger partial charge is 0.393 e. The predicted octanol–water partition coefficient (Wildman–Crippen LogP) is 3.90. The van der Waals surface area contributed by atoms with Gasteiger partial charge in [0.25, 0.3) is 0 Å². The van der Waals surface area contributed by atoms with E-state index in [-0.39, 0.29) is 30.1 Å². The van der Waals surface area contributed by atoms with Crippen LogP contribution in [0.5, 0.6) is 0 Å². The molecule has 1 aromatic rings. The summed E-state index contributed by atoms with van der Waals surface area (Å²) in [5.41, 5.74) is 1.35. The van der Waals surface area contributed by atoms with Crippen LogP contribution in [0, 0.1) is 5.92 Å². The van der Waals surface area contributed by atoms with Gasteiger partial charge in [0.15, 0.2) is 5.96 Å². The van der Waals surface area contributed by atoms with E-state index < -0.39 is 0 Å². The highest BCUT2D eigenvalue weighted by Crippen LogP contribution is 2.24. The molecule has 0 bridgehead atoms. The van der Waals surface area contributed by atoms with Crippen molar-refractivity contribution >= 4 is 29.9 Å². The van der Waals surface area contributed by atoms with E-state index in [1.165, 1.54) is 5.56 Å². The molecular weight excluding hydrogens is 425 g/mol. The lowest BCUT2D eigenvalue weighted by Crippen LogP contribution is -2.45. The van der Waals surface area contributed by atoms with Crippen molar-refractivity contribution in [2.75, 3.05) is 13.1 Å². The van der Waals surface area contributed by atoms with Crippen molar-refractivity contribution in [1.82, 2.24) is 10.6 Å². The van der Waals surface area contributed by atoms with E-state index in [9.17, 15) is 5.11 Å². The van der Waals surface area contributed by atoms with Gasteiger partial charge in [0.2, 0.25) is 0 Å². The first-order valence-electron chi connectivity index (χ1n) is 9.38. The van der Waals surface area contributed by atoms with Crippen molar-refractivity contribution in [3.63, 3.8) is 0 Å². The molecule has 0 spiro atoms. The Morgan fingerprint density at radius 2 is 1.80 bits per heavy atom. The predicted molar refractivity (Wildman–Crippen MR) is 117 cm³/mol. The average Bonchev–Trinajstić information content (AvgIpc) is 2.58. The number of halogens is 1. The summed E-state index contributed by atoms with van der Waals surface area (Å²) in [5, 5.41) is 16.6. The van der Waals surface area contributed by atoms with Gasteiger partial charge in [-0.3, -0.25) is 4.99 Å². The number of nitrogens with one attached hydrogen (secondary N) is 2. The molecule has 0 aromatic heterocycles. The standard InChI is InChI=1S/C20H33N3O.HI/c1-4-21-20(23-17-10-12-18(24)13-11-17)22-14-19(15(2)3)16-8-6-5-7-9-16;/h5-9,15,17-19,24H,4,10-14H2,1-3H3,(H2,21,22,23);1H. The van der Waals surface area contributed by atoms with Crippen LogP contribution in [-0.4, -0.2) is 36.3 Å². The molecule has 1 saturated carbocycles. The van der Waals surface area contributed by atoms with Crippen molar-refractivity contribution in [2.24, 2.45) is 10.9 Å². The van der Waals surface area contributed by atoms with Crippen LogP contribution in [0.4, 0.5) is 0 Å². The number of rotatable bonds is 6. The van der Waals surface area contributed by atoms with Crippen LogP contribution in [0.1, 0.15) is 57.9 Å². The minimum absolute atomic E-state index is 0. The minimum atomic E-state index is -0.119. The minimum Gasteiger partial charge on any atom is -0.393 e. The van der Waals surface area contributed by atoms with Crippen molar-refractivity contribution in [2.45, 2.75) is 64.5 Å². The molecule has 25 heavy (non-hydrogen) atoms. The Morgan fingerprint density at radius 3 is 2.36 bits per heavy atom. The maximum absolute atomic E-state index is 9.65. The molecule has 1 aliphatic rings. The van der Waals surface area contributed by atoms with Crippen LogP contribution in [0.25, 0.3) is 0 Å². The van der Waals surface area contributed by atoms with Gasteiger partial charge in [-0.2, -0.15) is 0 Å². The average molecular weight is 459 g/mol. The topological polar surface area (TPSA) is 56.7 Å². The molecule has 4 nitrogen and oxygen atoms in total. The zero-order valence-corrected chi connectivity index (χ0v) is 18.1. The number of nitrogens with zero attached hydrogens (tertiary/aromatic N) is 1. The molecule has 0 saturated heterocycles. The Labute approximate surface area is 169 Å². The van der Waals surface area contributed by atoms with Crippen LogP contribution in [0.15, 0.2) is 35.3 Å². The normalized spacial score (nSPS) is 22.2. The van der Waals surface area contributed by atoms with Crippen LogP contribution in [0.3, 0.4) is 0 Å². The van der Waals surface area contributed by atoms with E-state index in [2.05, 4.69) is 61.7 Å². The summed E-state index contributed by atoms with van der Waals surface area (Å²) in [5.74, 6) is 1.87. The maximum atomic E-state index is 9.65. The Kier molecular flexibility index (Phi) is 10.4. The molecule has 0 amide bonds. The third-order valence-electron chi connectivity index (χ3n) is 4.86. The first kappa shape index (κ1) is 22.2. The summed E-state index contributed by atoms with van der Waals surface area (Å²) in [4.78, 5) is 4.86. The number of aliphatic hydroxyl groups is 1. The van der Waals surface area contributed by atoms with Gasteiger partial charge in [0, 0.05) is 25.0 Å². The second-order valence-electron chi connectivity index (χ2n) is 7.13. The Balaban J connectivity index is 0.00000312. The molecule has 1 atom stereocenters. The Bertz CT molecular complexity index is 499. The highest BCUT2D eigenvalue weighted by Gasteiger charge is 2.20. The summed E-state index contributed by atoms with van der Waals surface area (Å²) in [6.45, 7) is 8.26. The summed E-state index contributed by atoms with van der Waals surface area (Å²) in [6, 6.07) is 11.1. The van der Waals surface area contributed by atoms with E-state index in [4.69, 9.17) is 4.99 Å². The molecule has 1 unspecified atom stereocenters. The SMILES string of the molecule is CCNC(=NCC(c1ccccc1)C(C)C)NC1CCC(O)CC1.I. The molecule has 3 N–H and O–H groups in total. The highest BCUT2D eigenvalue weighted by atomic mass is 127. The molecular formula is C20H34IN3O. The second-order valence-corrected chi connectivity index (χ2v) is 7.13. The second kappa shape index (κ2) is 11.7. The van der Waals surface area contributed by atoms with Gasteiger partial charge in [-0.15, -0.1) is 24.0 Å². The van der Waals surface area contributed by atoms with E-state index >= 15 is 0 Å². The van der Waals surface area contributed by atoms with Crippen molar-refractivity contribution in [3.8, 4) is 0 Å². The molecule has 1 aromatic carbocycles. The third kappa shape index (κ3) is 7.52. The summed E-state index contributed by atoms with van der Waals surface area (Å²) in [6.07, 6.45) is 3.67. The summed E-state index contributed by atoms with van der Waals surface area (Å²) in [7, 11) is 0. The van der Waals surface area contributed by atoms with Crippen molar-refractivity contribution in [3.05, 3.63) is 35.9 Å². The number of benzene rings is 1. The first-order valence-corrected chi connectivity index (χ1v) is 9.38. The first-order chi connectivity index (χ1) is 11.6. The number of hydrogen-bond acceptors (Lipinski definition) is 2. The third-order valence-corrected chi connectivity index (χ3v) is 4.86. The van der Waals surface area contributed by atoms with E-state index in [1.54, 1.807) is 0 Å². The molecule has 2 rings (SSSR count). The monoisotopic (exact) mass is 459 g/mol. The molecule has 142 valence electrons. The van der Waals surface area contributed by atoms with Gasteiger partial charge in [0.05, 0.1) is 6.10 Å². The van der Waals surface area contributed by atoms with Crippen LogP contribution in [0.2, 0.25) is 0 Å². The van der Waals surface area contributed by atoms with Gasteiger partial charge in [0.1, 0.15) is 0 Å². The number of guanidine groups is 1. The fourth-order valence-corrected chi connectivity index (χ4v) is 3.32. The van der Waals surface area contributed by atoms with Crippen LogP contribution >= 0.6 is 24.0 Å². The fourth-order valence-electron chi connectivity index (χ4n) is 3.32. The zero-order chi connectivity index (χ0) is 17.4. The Hall–Kier alpha value is -0.820. The van der Waals surface area contributed by atoms with Gasteiger partial charge in [-0.05, 0) is 44.1 Å². The highest BCUT2D eigenvalue weighted by molar-refractivity contribution is 14.0. The fraction of sp³-hybridized carbons (Fsp3) is 0.650. The van der Waals surface area contributed by atoms with Crippen molar-refractivity contribution in [1.29, 1.82) is 0 Å². The van der Waals surface area contributed by atoms with Gasteiger partial charge >= 0.3 is 0 Å². The maximum Gasteiger partial charge on any atom is 0.191 e. The van der Waals surface area contributed by atoms with Gasteiger partial charge in [-0.1, -0.05) is 44.2 Å². The summed E-state index contributed by atoms with van der Waals surface area (Å²) < 4.78 is 0. The summed E-state index contributed by atoms with van der Waals surface area (Å²) >= 11 is 0. The van der Waals surface area contributed by atoms with E-state index in [0.717, 1.165) is 44.7 Å². The Morgan fingerprint density at radius 1 is 1.16 bits per heavy atom. The van der Waals surface area contributed by atoms with Crippen LogP contribution < -0.4 is 10.6 Å². The van der Waals surface area contributed by atoms with Crippen LogP contribution in [-0.2, 0) is 0 Å². The van der Waals surface area contributed by atoms with Gasteiger partial charge < -0.3 is 15.7 Å².